The van der Waals surface area contributed by atoms with Crippen LogP contribution in [0.4, 0.5) is 0 Å². The molecule has 0 saturated heterocycles. The highest BCUT2D eigenvalue weighted by molar-refractivity contribution is 4.56. The van der Waals surface area contributed by atoms with Crippen molar-refractivity contribution in [3.63, 3.8) is 0 Å². The van der Waals surface area contributed by atoms with Gasteiger partial charge >= 0.3 is 0 Å². The molecule has 0 aliphatic rings. The topological polar surface area (TPSA) is 9.23 Å². The minimum atomic E-state index is 0.898. The molecule has 0 amide bonds. The van der Waals surface area contributed by atoms with Crippen molar-refractivity contribution in [2.45, 2.75) is 46.0 Å². The molecule has 68 valence electrons. The molecule has 0 bridgehead atoms. The van der Waals surface area contributed by atoms with E-state index in [0.29, 0.717) is 0 Å². The lowest BCUT2D eigenvalue weighted by atomic mass is 9.96. The van der Waals surface area contributed by atoms with E-state index in [9.17, 15) is 0 Å². The first-order chi connectivity index (χ1) is 5.35. The summed E-state index contributed by atoms with van der Waals surface area (Å²) in [5.41, 5.74) is 0. The van der Waals surface area contributed by atoms with Crippen LogP contribution in [0.2, 0.25) is 0 Å². The van der Waals surface area contributed by atoms with Gasteiger partial charge in [0.25, 0.3) is 0 Å². The maximum Gasteiger partial charge on any atom is 0.0464 e. The van der Waals surface area contributed by atoms with Gasteiger partial charge in [-0.3, -0.25) is 0 Å². The average molecular weight is 158 g/mol. The van der Waals surface area contributed by atoms with Gasteiger partial charge < -0.3 is 4.74 Å². The molecule has 0 aromatic rings. The van der Waals surface area contributed by atoms with Gasteiger partial charge in [0.15, 0.2) is 0 Å². The Morgan fingerprint density at radius 2 is 1.91 bits per heavy atom. The van der Waals surface area contributed by atoms with Crippen LogP contribution in [0, 0.1) is 5.92 Å². The van der Waals surface area contributed by atoms with Crippen LogP contribution in [-0.2, 0) is 4.74 Å². The third kappa shape index (κ3) is 6.36. The number of ether oxygens (including phenoxy) is 1. The summed E-state index contributed by atoms with van der Waals surface area (Å²) in [6.45, 7) is 5.46. The molecule has 0 aromatic heterocycles. The zero-order valence-corrected chi connectivity index (χ0v) is 8.23. The predicted molar refractivity (Wildman–Crippen MR) is 49.8 cm³/mol. The van der Waals surface area contributed by atoms with Gasteiger partial charge in [0.1, 0.15) is 0 Å². The van der Waals surface area contributed by atoms with E-state index in [1.165, 1.54) is 32.1 Å². The minimum Gasteiger partial charge on any atom is -0.385 e. The second-order valence-electron chi connectivity index (χ2n) is 3.20. The summed E-state index contributed by atoms with van der Waals surface area (Å²) in [5.74, 6) is 0.898. The van der Waals surface area contributed by atoms with Crippen molar-refractivity contribution in [3.05, 3.63) is 0 Å². The molecule has 0 radical (unpaired) electrons. The van der Waals surface area contributed by atoms with Gasteiger partial charge in [-0.05, 0) is 12.3 Å². The van der Waals surface area contributed by atoms with Gasteiger partial charge in [0.2, 0.25) is 0 Å². The first kappa shape index (κ1) is 11.0. The maximum absolute atomic E-state index is 5.05. The summed E-state index contributed by atoms with van der Waals surface area (Å²) >= 11 is 0. The first-order valence-electron chi connectivity index (χ1n) is 4.84. The Balaban J connectivity index is 3.25. The maximum atomic E-state index is 5.05. The number of hydrogen-bond acceptors (Lipinski definition) is 1. The lowest BCUT2D eigenvalue weighted by molar-refractivity contribution is 0.173. The Kier molecular flexibility index (Phi) is 8.03. The fourth-order valence-corrected chi connectivity index (χ4v) is 1.33. The fraction of sp³-hybridized carbons (Fsp3) is 1.00. The molecule has 0 spiro atoms. The minimum absolute atomic E-state index is 0.898. The zero-order valence-electron chi connectivity index (χ0n) is 8.23. The summed E-state index contributed by atoms with van der Waals surface area (Å²) in [4.78, 5) is 0. The molecule has 1 nitrogen and oxygen atoms in total. The highest BCUT2D eigenvalue weighted by Gasteiger charge is 2.03. The van der Waals surface area contributed by atoms with Crippen molar-refractivity contribution >= 4 is 0 Å². The molecule has 0 aromatic carbocycles. The summed E-state index contributed by atoms with van der Waals surface area (Å²) in [6, 6.07) is 0. The van der Waals surface area contributed by atoms with E-state index in [1.807, 2.05) is 0 Å². The van der Waals surface area contributed by atoms with Crippen molar-refractivity contribution in [2.75, 3.05) is 13.7 Å². The first-order valence-corrected chi connectivity index (χ1v) is 4.84. The van der Waals surface area contributed by atoms with Crippen LogP contribution < -0.4 is 0 Å². The molecule has 0 aliphatic carbocycles. The Morgan fingerprint density at radius 1 is 1.18 bits per heavy atom. The molecule has 0 saturated carbocycles. The number of hydrogen-bond donors (Lipinski definition) is 0. The van der Waals surface area contributed by atoms with Crippen LogP contribution in [0.3, 0.4) is 0 Å². The van der Waals surface area contributed by atoms with Crippen molar-refractivity contribution in [1.82, 2.24) is 0 Å². The number of rotatable bonds is 7. The van der Waals surface area contributed by atoms with E-state index >= 15 is 0 Å². The lowest BCUT2D eigenvalue weighted by Crippen LogP contribution is -2.02. The molecule has 0 aliphatic heterocycles. The van der Waals surface area contributed by atoms with Gasteiger partial charge in [-0.15, -0.1) is 0 Å². The van der Waals surface area contributed by atoms with Gasteiger partial charge in [0.05, 0.1) is 0 Å². The summed E-state index contributed by atoms with van der Waals surface area (Å²) < 4.78 is 5.05. The second-order valence-corrected chi connectivity index (χ2v) is 3.20. The quantitative estimate of drug-likeness (QED) is 0.552. The molecular formula is C10H22O. The van der Waals surface area contributed by atoms with Crippen molar-refractivity contribution in [2.24, 2.45) is 5.92 Å². The second kappa shape index (κ2) is 8.06. The van der Waals surface area contributed by atoms with Crippen molar-refractivity contribution in [3.8, 4) is 0 Å². The SMILES string of the molecule is CCCC[C@H](CC)CCOC. The normalized spacial score (nSPS) is 13.4. The summed E-state index contributed by atoms with van der Waals surface area (Å²) in [6.07, 6.45) is 6.64. The molecule has 0 fully saturated rings. The smallest absolute Gasteiger partial charge is 0.0464 e. The predicted octanol–water partition coefficient (Wildman–Crippen LogP) is 3.24. The molecule has 1 atom stereocenters. The standard InChI is InChI=1S/C10H22O/c1-4-6-7-10(5-2)8-9-11-3/h10H,4-9H2,1-3H3/t10-/m0/s1. The Labute approximate surface area is 71.1 Å². The molecule has 0 unspecified atom stereocenters. The molecule has 0 rings (SSSR count). The fourth-order valence-electron chi connectivity index (χ4n) is 1.33. The van der Waals surface area contributed by atoms with Crippen molar-refractivity contribution < 1.29 is 4.74 Å². The van der Waals surface area contributed by atoms with Gasteiger partial charge in [-0.25, -0.2) is 0 Å². The molecule has 0 N–H and O–H groups in total. The van der Waals surface area contributed by atoms with Gasteiger partial charge in [-0.1, -0.05) is 39.5 Å². The van der Waals surface area contributed by atoms with Crippen LogP contribution in [0.25, 0.3) is 0 Å². The lowest BCUT2D eigenvalue weighted by Gasteiger charge is -2.12. The number of unbranched alkanes of at least 4 members (excludes halogenated alkanes) is 1. The molecule has 1 heteroatoms. The largest absolute Gasteiger partial charge is 0.385 e. The van der Waals surface area contributed by atoms with Gasteiger partial charge in [-0.2, -0.15) is 0 Å². The molecular weight excluding hydrogens is 136 g/mol. The van der Waals surface area contributed by atoms with E-state index in [1.54, 1.807) is 7.11 Å². The summed E-state index contributed by atoms with van der Waals surface area (Å²) in [7, 11) is 1.78. The van der Waals surface area contributed by atoms with E-state index in [-0.39, 0.29) is 0 Å². The molecule has 11 heavy (non-hydrogen) atoms. The Hall–Kier alpha value is -0.0400. The van der Waals surface area contributed by atoms with Crippen LogP contribution in [0.5, 0.6) is 0 Å². The molecule has 0 heterocycles. The van der Waals surface area contributed by atoms with Crippen LogP contribution in [-0.4, -0.2) is 13.7 Å². The van der Waals surface area contributed by atoms with Crippen LogP contribution in [0.15, 0.2) is 0 Å². The van der Waals surface area contributed by atoms with Crippen LogP contribution in [0.1, 0.15) is 46.0 Å². The number of methoxy groups -OCH3 is 1. The monoisotopic (exact) mass is 158 g/mol. The van der Waals surface area contributed by atoms with Gasteiger partial charge in [0, 0.05) is 13.7 Å². The van der Waals surface area contributed by atoms with Crippen molar-refractivity contribution in [1.29, 1.82) is 0 Å². The highest BCUT2D eigenvalue weighted by atomic mass is 16.5. The zero-order chi connectivity index (χ0) is 8.53. The Morgan fingerprint density at radius 3 is 2.36 bits per heavy atom. The van der Waals surface area contributed by atoms with E-state index < -0.39 is 0 Å². The third-order valence-corrected chi connectivity index (χ3v) is 2.27. The van der Waals surface area contributed by atoms with E-state index in [4.69, 9.17) is 4.74 Å². The highest BCUT2D eigenvalue weighted by Crippen LogP contribution is 2.15. The van der Waals surface area contributed by atoms with Crippen LogP contribution >= 0.6 is 0 Å². The third-order valence-electron chi connectivity index (χ3n) is 2.27. The average Bonchev–Trinajstić information content (AvgIpc) is 2.05. The van der Waals surface area contributed by atoms with E-state index in [0.717, 1.165) is 12.5 Å². The Bertz CT molecular complexity index is 63.3. The van der Waals surface area contributed by atoms with E-state index in [2.05, 4.69) is 13.8 Å². The summed E-state index contributed by atoms with van der Waals surface area (Å²) in [5, 5.41) is 0.